The maximum atomic E-state index is 12.7. The normalized spacial score (nSPS) is 10.9. The molecule has 0 atom stereocenters. The number of ether oxygens (including phenoxy) is 2. The monoisotopic (exact) mass is 385 g/mol. The van der Waals surface area contributed by atoms with Gasteiger partial charge >= 0.3 is 0 Å². The number of aromatic nitrogens is 1. The fourth-order valence-corrected chi connectivity index (χ4v) is 3.45. The van der Waals surface area contributed by atoms with Gasteiger partial charge < -0.3 is 14.8 Å². The highest BCUT2D eigenvalue weighted by Crippen LogP contribution is 2.27. The zero-order chi connectivity index (χ0) is 19.3. The van der Waals surface area contributed by atoms with Crippen LogP contribution in [0.4, 0.5) is 17.2 Å². The Morgan fingerprint density at radius 1 is 0.889 bits per heavy atom. The van der Waals surface area contributed by atoms with Crippen LogP contribution in [0.2, 0.25) is 0 Å². The van der Waals surface area contributed by atoms with Gasteiger partial charge in [0.1, 0.15) is 11.5 Å². The van der Waals surface area contributed by atoms with Gasteiger partial charge in [-0.1, -0.05) is 6.07 Å². The fraction of sp³-hybridized carbons (Fsp3) is 0.105. The molecule has 0 fully saturated rings. The van der Waals surface area contributed by atoms with Crippen molar-refractivity contribution in [3.8, 4) is 11.5 Å². The molecule has 1 heterocycles. The van der Waals surface area contributed by atoms with Gasteiger partial charge in [-0.05, 0) is 48.5 Å². The Morgan fingerprint density at radius 2 is 1.63 bits per heavy atom. The second kappa shape index (κ2) is 7.96. The molecule has 0 bridgehead atoms. The number of rotatable bonds is 7. The first kappa shape index (κ1) is 18.5. The van der Waals surface area contributed by atoms with Crippen LogP contribution in [0.3, 0.4) is 0 Å². The summed E-state index contributed by atoms with van der Waals surface area (Å²) in [6.07, 6.45) is 1.58. The highest BCUT2D eigenvalue weighted by Gasteiger charge is 2.17. The molecule has 140 valence electrons. The average Bonchev–Trinajstić information content (AvgIpc) is 2.69. The topological polar surface area (TPSA) is 89.6 Å². The molecule has 0 saturated carbocycles. The summed E-state index contributed by atoms with van der Waals surface area (Å²) in [6, 6.07) is 16.7. The molecule has 1 aromatic heterocycles. The van der Waals surface area contributed by atoms with Crippen LogP contribution in [0, 0.1) is 0 Å². The number of hydrogen-bond acceptors (Lipinski definition) is 6. The maximum absolute atomic E-state index is 12.7. The molecule has 3 aromatic rings. The Bertz CT molecular complexity index is 1020. The first-order chi connectivity index (χ1) is 13.0. The molecule has 0 amide bonds. The third-order valence-electron chi connectivity index (χ3n) is 3.75. The Hall–Kier alpha value is -3.26. The lowest BCUT2D eigenvalue weighted by atomic mass is 10.3. The lowest BCUT2D eigenvalue weighted by Gasteiger charge is -2.14. The van der Waals surface area contributed by atoms with E-state index in [0.29, 0.717) is 23.0 Å². The van der Waals surface area contributed by atoms with Gasteiger partial charge in [-0.25, -0.2) is 13.4 Å². The van der Waals surface area contributed by atoms with E-state index in [2.05, 4.69) is 15.0 Å². The molecule has 3 rings (SSSR count). The molecule has 0 saturated heterocycles. The van der Waals surface area contributed by atoms with E-state index in [0.717, 1.165) is 5.69 Å². The standard InChI is InChI=1S/C19H19N3O4S/c1-25-15-8-10-17(11-9-15)27(23,24)22-18-7-4-12-20-19(18)21-14-5-3-6-16(13-14)26-2/h3-13,22H,1-2H3,(H,20,21). The second-order valence-corrected chi connectivity index (χ2v) is 7.22. The molecule has 0 aliphatic heterocycles. The van der Waals surface area contributed by atoms with Gasteiger partial charge in [-0.3, -0.25) is 4.72 Å². The van der Waals surface area contributed by atoms with Crippen molar-refractivity contribution in [2.24, 2.45) is 0 Å². The van der Waals surface area contributed by atoms with Crippen LogP contribution in [0.25, 0.3) is 0 Å². The van der Waals surface area contributed by atoms with Crippen LogP contribution >= 0.6 is 0 Å². The quantitative estimate of drug-likeness (QED) is 0.645. The van der Waals surface area contributed by atoms with Gasteiger partial charge in [0.25, 0.3) is 10.0 Å². The lowest BCUT2D eigenvalue weighted by Crippen LogP contribution is -2.14. The summed E-state index contributed by atoms with van der Waals surface area (Å²) in [5, 5.41) is 3.10. The predicted octanol–water partition coefficient (Wildman–Crippen LogP) is 3.64. The van der Waals surface area contributed by atoms with Crippen LogP contribution in [0.5, 0.6) is 11.5 Å². The van der Waals surface area contributed by atoms with Crippen LogP contribution in [-0.2, 0) is 10.0 Å². The zero-order valence-corrected chi connectivity index (χ0v) is 15.7. The minimum absolute atomic E-state index is 0.125. The highest BCUT2D eigenvalue weighted by molar-refractivity contribution is 7.92. The summed E-state index contributed by atoms with van der Waals surface area (Å²) in [6.45, 7) is 0. The molecule has 8 heteroatoms. The summed E-state index contributed by atoms with van der Waals surface area (Å²) in [5.41, 5.74) is 1.05. The number of anilines is 3. The highest BCUT2D eigenvalue weighted by atomic mass is 32.2. The summed E-state index contributed by atoms with van der Waals surface area (Å²) in [4.78, 5) is 4.36. The van der Waals surface area contributed by atoms with Gasteiger partial charge in [0.2, 0.25) is 0 Å². The van der Waals surface area contributed by atoms with E-state index >= 15 is 0 Å². The van der Waals surface area contributed by atoms with Gasteiger partial charge in [0, 0.05) is 18.0 Å². The van der Waals surface area contributed by atoms with Crippen molar-refractivity contribution in [3.05, 3.63) is 66.9 Å². The van der Waals surface area contributed by atoms with Crippen molar-refractivity contribution in [1.29, 1.82) is 0 Å². The minimum Gasteiger partial charge on any atom is -0.497 e. The van der Waals surface area contributed by atoms with Crippen molar-refractivity contribution < 1.29 is 17.9 Å². The van der Waals surface area contributed by atoms with Crippen molar-refractivity contribution in [2.75, 3.05) is 24.3 Å². The number of hydrogen-bond donors (Lipinski definition) is 2. The minimum atomic E-state index is -3.78. The van der Waals surface area contributed by atoms with Crippen LogP contribution < -0.4 is 19.5 Å². The first-order valence-electron chi connectivity index (χ1n) is 8.05. The second-order valence-electron chi connectivity index (χ2n) is 5.54. The molecule has 0 spiro atoms. The molecular formula is C19H19N3O4S. The summed E-state index contributed by atoms with van der Waals surface area (Å²) in [5.74, 6) is 1.63. The van der Waals surface area contributed by atoms with Gasteiger partial charge in [0.15, 0.2) is 5.82 Å². The van der Waals surface area contributed by atoms with E-state index in [-0.39, 0.29) is 4.90 Å². The molecule has 0 aliphatic rings. The van der Waals surface area contributed by atoms with E-state index in [1.54, 1.807) is 43.6 Å². The van der Waals surface area contributed by atoms with Gasteiger partial charge in [-0.15, -0.1) is 0 Å². The van der Waals surface area contributed by atoms with E-state index in [1.807, 2.05) is 18.2 Å². The Labute approximate surface area is 158 Å². The third-order valence-corrected chi connectivity index (χ3v) is 5.14. The Balaban J connectivity index is 1.86. The summed E-state index contributed by atoms with van der Waals surface area (Å²) >= 11 is 0. The fourth-order valence-electron chi connectivity index (χ4n) is 2.38. The molecular weight excluding hydrogens is 366 g/mol. The predicted molar refractivity (Wildman–Crippen MR) is 104 cm³/mol. The zero-order valence-electron chi connectivity index (χ0n) is 14.8. The third kappa shape index (κ3) is 4.48. The van der Waals surface area contributed by atoms with Crippen molar-refractivity contribution >= 4 is 27.2 Å². The molecule has 0 unspecified atom stereocenters. The van der Waals surface area contributed by atoms with E-state index in [9.17, 15) is 8.42 Å². The van der Waals surface area contributed by atoms with E-state index < -0.39 is 10.0 Å². The molecule has 0 radical (unpaired) electrons. The number of benzene rings is 2. The Kier molecular flexibility index (Phi) is 5.46. The average molecular weight is 385 g/mol. The number of nitrogens with one attached hydrogen (secondary N) is 2. The van der Waals surface area contributed by atoms with Crippen molar-refractivity contribution in [2.45, 2.75) is 4.90 Å². The number of pyridine rings is 1. The summed E-state index contributed by atoms with van der Waals surface area (Å²) in [7, 11) is -0.677. The van der Waals surface area contributed by atoms with Crippen LogP contribution in [-0.4, -0.2) is 27.6 Å². The van der Waals surface area contributed by atoms with Crippen molar-refractivity contribution in [1.82, 2.24) is 4.98 Å². The van der Waals surface area contributed by atoms with Crippen LogP contribution in [0.1, 0.15) is 0 Å². The SMILES string of the molecule is COc1ccc(S(=O)(=O)Nc2cccnc2Nc2cccc(OC)c2)cc1. The van der Waals surface area contributed by atoms with Crippen molar-refractivity contribution in [3.63, 3.8) is 0 Å². The number of methoxy groups -OCH3 is 2. The summed E-state index contributed by atoms with van der Waals surface area (Å²) < 4.78 is 38.2. The van der Waals surface area contributed by atoms with Crippen LogP contribution in [0.15, 0.2) is 71.8 Å². The first-order valence-corrected chi connectivity index (χ1v) is 9.53. The largest absolute Gasteiger partial charge is 0.497 e. The molecule has 0 aliphatic carbocycles. The number of nitrogens with zero attached hydrogens (tertiary/aromatic N) is 1. The number of sulfonamides is 1. The van der Waals surface area contributed by atoms with E-state index in [1.165, 1.54) is 19.2 Å². The molecule has 2 aromatic carbocycles. The molecule has 27 heavy (non-hydrogen) atoms. The maximum Gasteiger partial charge on any atom is 0.262 e. The lowest BCUT2D eigenvalue weighted by molar-refractivity contribution is 0.414. The molecule has 2 N–H and O–H groups in total. The molecule has 7 nitrogen and oxygen atoms in total. The van der Waals surface area contributed by atoms with E-state index in [4.69, 9.17) is 9.47 Å². The van der Waals surface area contributed by atoms with Gasteiger partial charge in [0.05, 0.1) is 24.8 Å². The smallest absolute Gasteiger partial charge is 0.262 e. The van der Waals surface area contributed by atoms with Gasteiger partial charge in [-0.2, -0.15) is 0 Å². The Morgan fingerprint density at radius 3 is 2.33 bits per heavy atom.